The van der Waals surface area contributed by atoms with Crippen LogP contribution in [0.2, 0.25) is 0 Å². The Morgan fingerprint density at radius 1 is 1.27 bits per heavy atom. The van der Waals surface area contributed by atoms with Crippen LogP contribution in [0.5, 0.6) is 0 Å². The van der Waals surface area contributed by atoms with Crippen LogP contribution < -0.4 is 4.90 Å². The molecule has 1 aromatic carbocycles. The quantitative estimate of drug-likeness (QED) is 0.659. The summed E-state index contributed by atoms with van der Waals surface area (Å²) in [6, 6.07) is 8.62. The summed E-state index contributed by atoms with van der Waals surface area (Å²) in [6.45, 7) is 2.19. The first kappa shape index (κ1) is 10.4. The van der Waals surface area contributed by atoms with Crippen molar-refractivity contribution in [3.8, 4) is 0 Å². The highest BCUT2D eigenvalue weighted by Crippen LogP contribution is 2.36. The molecule has 1 aliphatic rings. The largest absolute Gasteiger partial charge is 0.391 e. The van der Waals surface area contributed by atoms with Crippen molar-refractivity contribution in [2.75, 3.05) is 18.5 Å². The number of hydrogen-bond donors (Lipinski definition) is 0. The smallest absolute Gasteiger partial charge is 0.295 e. The zero-order chi connectivity index (χ0) is 11.1. The standard InChI is InChI=1S/C11H14F2N2/c1-9-8-14(2)11(12,13)15(9)10-6-4-3-5-7-10/h3-7,9H,8H2,1-2H3. The number of anilines is 1. The van der Waals surface area contributed by atoms with Gasteiger partial charge in [0, 0.05) is 18.3 Å². The molecule has 82 valence electrons. The van der Waals surface area contributed by atoms with Crippen molar-refractivity contribution in [2.24, 2.45) is 0 Å². The highest BCUT2D eigenvalue weighted by molar-refractivity contribution is 5.49. The third-order valence-corrected chi connectivity index (χ3v) is 2.76. The van der Waals surface area contributed by atoms with Gasteiger partial charge in [0.1, 0.15) is 0 Å². The lowest BCUT2D eigenvalue weighted by Crippen LogP contribution is -2.45. The van der Waals surface area contributed by atoms with E-state index in [2.05, 4.69) is 0 Å². The first-order valence-electron chi connectivity index (χ1n) is 4.97. The number of rotatable bonds is 1. The predicted octanol–water partition coefficient (Wildman–Crippen LogP) is 2.38. The molecule has 1 fully saturated rings. The van der Waals surface area contributed by atoms with Crippen LogP contribution in [0.15, 0.2) is 30.3 Å². The molecule has 2 rings (SSSR count). The van der Waals surface area contributed by atoms with E-state index in [4.69, 9.17) is 0 Å². The van der Waals surface area contributed by atoms with Gasteiger partial charge in [0.15, 0.2) is 0 Å². The van der Waals surface area contributed by atoms with Gasteiger partial charge in [-0.25, -0.2) is 4.90 Å². The maximum Gasteiger partial charge on any atom is 0.391 e. The normalized spacial score (nSPS) is 25.9. The van der Waals surface area contributed by atoms with Crippen LogP contribution in [0, 0.1) is 0 Å². The average molecular weight is 212 g/mol. The lowest BCUT2D eigenvalue weighted by molar-refractivity contribution is -0.103. The molecule has 0 radical (unpaired) electrons. The highest BCUT2D eigenvalue weighted by atomic mass is 19.3. The Morgan fingerprint density at radius 3 is 2.33 bits per heavy atom. The molecule has 0 N–H and O–H groups in total. The van der Waals surface area contributed by atoms with Gasteiger partial charge in [0.05, 0.1) is 0 Å². The maximum absolute atomic E-state index is 13.8. The molecule has 0 aliphatic carbocycles. The van der Waals surface area contributed by atoms with E-state index in [1.165, 1.54) is 7.05 Å². The van der Waals surface area contributed by atoms with Crippen molar-refractivity contribution in [2.45, 2.75) is 19.1 Å². The number of para-hydroxylation sites is 1. The molecule has 0 amide bonds. The number of alkyl halides is 2. The minimum Gasteiger partial charge on any atom is -0.295 e. The summed E-state index contributed by atoms with van der Waals surface area (Å²) in [4.78, 5) is 2.23. The third-order valence-electron chi connectivity index (χ3n) is 2.76. The van der Waals surface area contributed by atoms with Gasteiger partial charge in [0.25, 0.3) is 0 Å². The van der Waals surface area contributed by atoms with E-state index < -0.39 is 6.17 Å². The van der Waals surface area contributed by atoms with E-state index in [0.717, 1.165) is 9.80 Å². The molecule has 0 spiro atoms. The first-order valence-corrected chi connectivity index (χ1v) is 4.97. The fraction of sp³-hybridized carbons (Fsp3) is 0.455. The Kier molecular flexibility index (Phi) is 2.38. The summed E-state index contributed by atoms with van der Waals surface area (Å²) < 4.78 is 27.6. The average Bonchev–Trinajstić information content (AvgIpc) is 2.37. The highest BCUT2D eigenvalue weighted by Gasteiger charge is 2.50. The van der Waals surface area contributed by atoms with Crippen LogP contribution in [0.25, 0.3) is 0 Å². The fourth-order valence-electron chi connectivity index (χ4n) is 2.04. The molecule has 1 atom stereocenters. The van der Waals surface area contributed by atoms with Gasteiger partial charge < -0.3 is 0 Å². The Morgan fingerprint density at radius 2 is 1.87 bits per heavy atom. The van der Waals surface area contributed by atoms with Crippen LogP contribution in [0.3, 0.4) is 0 Å². The predicted molar refractivity (Wildman–Crippen MR) is 56.0 cm³/mol. The van der Waals surface area contributed by atoms with Gasteiger partial charge in [-0.2, -0.15) is 8.78 Å². The first-order chi connectivity index (χ1) is 7.03. The van der Waals surface area contributed by atoms with Gasteiger partial charge >= 0.3 is 6.17 Å². The van der Waals surface area contributed by atoms with Crippen LogP contribution in [-0.4, -0.2) is 30.7 Å². The van der Waals surface area contributed by atoms with Crippen molar-refractivity contribution < 1.29 is 8.78 Å². The van der Waals surface area contributed by atoms with E-state index >= 15 is 0 Å². The summed E-state index contributed by atoms with van der Waals surface area (Å²) >= 11 is 0. The summed E-state index contributed by atoms with van der Waals surface area (Å²) in [5, 5.41) is 0. The minimum absolute atomic E-state index is 0.174. The number of nitrogens with zero attached hydrogens (tertiary/aromatic N) is 2. The molecule has 4 heteroatoms. The van der Waals surface area contributed by atoms with E-state index in [9.17, 15) is 8.78 Å². The summed E-state index contributed by atoms with van der Waals surface area (Å²) in [7, 11) is 1.44. The van der Waals surface area contributed by atoms with Crippen molar-refractivity contribution >= 4 is 5.69 Å². The molecule has 0 saturated carbocycles. The lowest BCUT2D eigenvalue weighted by Gasteiger charge is -2.30. The molecule has 1 aromatic rings. The zero-order valence-electron chi connectivity index (χ0n) is 8.82. The summed E-state index contributed by atoms with van der Waals surface area (Å²) in [5.74, 6) is 0. The number of likely N-dealkylation sites (N-methyl/N-ethyl adjacent to an activating group) is 1. The Labute approximate surface area is 88.1 Å². The molecule has 1 unspecified atom stereocenters. The lowest BCUT2D eigenvalue weighted by atomic mass is 10.2. The molecule has 0 aromatic heterocycles. The SMILES string of the molecule is CC1CN(C)C(F)(F)N1c1ccccc1. The van der Waals surface area contributed by atoms with Gasteiger partial charge in [-0.3, -0.25) is 4.90 Å². The topological polar surface area (TPSA) is 6.48 Å². The van der Waals surface area contributed by atoms with Gasteiger partial charge in [-0.05, 0) is 26.1 Å². The molecule has 15 heavy (non-hydrogen) atoms. The minimum atomic E-state index is -2.89. The second-order valence-corrected chi connectivity index (χ2v) is 3.94. The van der Waals surface area contributed by atoms with Crippen molar-refractivity contribution in [1.82, 2.24) is 4.90 Å². The number of benzene rings is 1. The van der Waals surface area contributed by atoms with Crippen LogP contribution in [-0.2, 0) is 0 Å². The monoisotopic (exact) mass is 212 g/mol. The van der Waals surface area contributed by atoms with Crippen LogP contribution >= 0.6 is 0 Å². The summed E-state index contributed by atoms with van der Waals surface area (Å²) in [6.07, 6.45) is -2.89. The molecule has 1 heterocycles. The van der Waals surface area contributed by atoms with Crippen molar-refractivity contribution in [3.63, 3.8) is 0 Å². The number of hydrogen-bond acceptors (Lipinski definition) is 2. The van der Waals surface area contributed by atoms with Crippen LogP contribution in [0.1, 0.15) is 6.92 Å². The van der Waals surface area contributed by atoms with Crippen molar-refractivity contribution in [1.29, 1.82) is 0 Å². The molecule has 0 bridgehead atoms. The van der Waals surface area contributed by atoms with Crippen molar-refractivity contribution in [3.05, 3.63) is 30.3 Å². The van der Waals surface area contributed by atoms with E-state index in [0.29, 0.717) is 12.2 Å². The zero-order valence-corrected chi connectivity index (χ0v) is 8.82. The van der Waals surface area contributed by atoms with Gasteiger partial charge in [-0.15, -0.1) is 0 Å². The van der Waals surface area contributed by atoms with Gasteiger partial charge in [0.2, 0.25) is 0 Å². The molecule has 2 nitrogen and oxygen atoms in total. The Bertz CT molecular complexity index is 340. The van der Waals surface area contributed by atoms with E-state index in [1.54, 1.807) is 24.3 Å². The molecule has 1 aliphatic heterocycles. The van der Waals surface area contributed by atoms with Gasteiger partial charge in [-0.1, -0.05) is 18.2 Å². The molecular weight excluding hydrogens is 198 g/mol. The second kappa shape index (κ2) is 3.45. The Hall–Kier alpha value is -1.16. The van der Waals surface area contributed by atoms with Crippen LogP contribution in [0.4, 0.5) is 14.5 Å². The summed E-state index contributed by atoms with van der Waals surface area (Å²) in [5.41, 5.74) is 0.569. The van der Waals surface area contributed by atoms with E-state index in [1.807, 2.05) is 13.0 Å². The fourth-order valence-corrected chi connectivity index (χ4v) is 2.04. The number of halogens is 2. The Balaban J connectivity index is 2.36. The molecule has 1 saturated heterocycles. The molecular formula is C11H14F2N2. The van der Waals surface area contributed by atoms with E-state index in [-0.39, 0.29) is 6.04 Å². The third kappa shape index (κ3) is 1.59. The maximum atomic E-state index is 13.8. The second-order valence-electron chi connectivity index (χ2n) is 3.94.